The van der Waals surface area contributed by atoms with Crippen LogP contribution in [0.3, 0.4) is 0 Å². The summed E-state index contributed by atoms with van der Waals surface area (Å²) in [6, 6.07) is 0. The van der Waals surface area contributed by atoms with Gasteiger partial charge in [-0.15, -0.1) is 0 Å². The average Bonchev–Trinajstić information content (AvgIpc) is 2.20. The molecule has 0 aromatic rings. The van der Waals surface area contributed by atoms with E-state index in [0.29, 0.717) is 6.61 Å². The van der Waals surface area contributed by atoms with Crippen molar-refractivity contribution >= 4 is 0 Å². The van der Waals surface area contributed by atoms with Gasteiger partial charge < -0.3 is 10.4 Å². The maximum absolute atomic E-state index is 9.38. The monoisotopic (exact) mass is 185 g/mol. The lowest BCUT2D eigenvalue weighted by molar-refractivity contribution is 0.121. The van der Waals surface area contributed by atoms with Crippen molar-refractivity contribution in [3.05, 3.63) is 0 Å². The number of rotatable bonds is 5. The minimum atomic E-state index is 0.0768. The first-order valence-corrected chi connectivity index (χ1v) is 5.69. The zero-order chi connectivity index (χ0) is 9.57. The second kappa shape index (κ2) is 5.61. The topological polar surface area (TPSA) is 32.3 Å². The van der Waals surface area contributed by atoms with Gasteiger partial charge in [0.2, 0.25) is 0 Å². The molecule has 0 aromatic heterocycles. The van der Waals surface area contributed by atoms with Crippen molar-refractivity contribution in [1.29, 1.82) is 0 Å². The van der Waals surface area contributed by atoms with E-state index >= 15 is 0 Å². The molecule has 1 fully saturated rings. The van der Waals surface area contributed by atoms with Gasteiger partial charge >= 0.3 is 0 Å². The molecular weight excluding hydrogens is 162 g/mol. The molecule has 0 spiro atoms. The third-order valence-electron chi connectivity index (χ3n) is 3.14. The molecule has 1 aliphatic carbocycles. The molecule has 2 N–H and O–H groups in total. The Morgan fingerprint density at radius 3 is 2.46 bits per heavy atom. The molecule has 0 amide bonds. The Hall–Kier alpha value is -0.0800. The van der Waals surface area contributed by atoms with E-state index in [4.69, 9.17) is 0 Å². The number of nitrogens with one attached hydrogen (secondary N) is 1. The molecule has 0 atom stereocenters. The molecule has 1 rings (SSSR count). The predicted molar refractivity (Wildman–Crippen MR) is 55.8 cm³/mol. The third kappa shape index (κ3) is 3.28. The number of unbranched alkanes of at least 4 members (excludes halogenated alkanes) is 1. The van der Waals surface area contributed by atoms with E-state index < -0.39 is 0 Å². The van der Waals surface area contributed by atoms with Crippen molar-refractivity contribution < 1.29 is 5.11 Å². The fourth-order valence-corrected chi connectivity index (χ4v) is 2.15. The van der Waals surface area contributed by atoms with E-state index in [0.717, 1.165) is 19.4 Å². The van der Waals surface area contributed by atoms with E-state index in [1.165, 1.54) is 32.1 Å². The van der Waals surface area contributed by atoms with Gasteiger partial charge in [0.15, 0.2) is 0 Å². The molecule has 13 heavy (non-hydrogen) atoms. The lowest BCUT2D eigenvalue weighted by Crippen LogP contribution is -2.50. The van der Waals surface area contributed by atoms with Crippen LogP contribution in [0, 0.1) is 0 Å². The van der Waals surface area contributed by atoms with Crippen LogP contribution in [0.2, 0.25) is 0 Å². The van der Waals surface area contributed by atoms with Gasteiger partial charge in [-0.05, 0) is 25.8 Å². The number of hydrogen-bond acceptors (Lipinski definition) is 2. The Morgan fingerprint density at radius 1 is 1.23 bits per heavy atom. The van der Waals surface area contributed by atoms with Crippen molar-refractivity contribution in [2.75, 3.05) is 13.2 Å². The Labute approximate surface area is 81.7 Å². The molecule has 0 aromatic carbocycles. The SMILES string of the molecule is CCCCNC1(CO)CCCCC1. The highest BCUT2D eigenvalue weighted by atomic mass is 16.3. The highest BCUT2D eigenvalue weighted by molar-refractivity contribution is 4.89. The maximum Gasteiger partial charge on any atom is 0.0613 e. The van der Waals surface area contributed by atoms with E-state index in [1.54, 1.807) is 0 Å². The Kier molecular flexibility index (Phi) is 4.74. The summed E-state index contributed by atoms with van der Waals surface area (Å²) in [4.78, 5) is 0. The van der Waals surface area contributed by atoms with Crippen LogP contribution in [0.15, 0.2) is 0 Å². The molecule has 0 saturated heterocycles. The molecule has 0 aliphatic heterocycles. The average molecular weight is 185 g/mol. The minimum absolute atomic E-state index is 0.0768. The van der Waals surface area contributed by atoms with E-state index in [9.17, 15) is 5.11 Å². The zero-order valence-electron chi connectivity index (χ0n) is 8.81. The van der Waals surface area contributed by atoms with Crippen LogP contribution < -0.4 is 5.32 Å². The fourth-order valence-electron chi connectivity index (χ4n) is 2.15. The van der Waals surface area contributed by atoms with Crippen molar-refractivity contribution in [2.45, 2.75) is 57.4 Å². The first-order chi connectivity index (χ1) is 6.33. The van der Waals surface area contributed by atoms with Gasteiger partial charge in [-0.25, -0.2) is 0 Å². The molecule has 78 valence electrons. The highest BCUT2D eigenvalue weighted by Gasteiger charge is 2.29. The third-order valence-corrected chi connectivity index (χ3v) is 3.14. The quantitative estimate of drug-likeness (QED) is 0.643. The van der Waals surface area contributed by atoms with E-state index in [-0.39, 0.29) is 5.54 Å². The van der Waals surface area contributed by atoms with Crippen LogP contribution in [0.4, 0.5) is 0 Å². The van der Waals surface area contributed by atoms with Gasteiger partial charge in [-0.1, -0.05) is 32.6 Å². The van der Waals surface area contributed by atoms with E-state index in [2.05, 4.69) is 12.2 Å². The number of aliphatic hydroxyl groups excluding tert-OH is 1. The summed E-state index contributed by atoms with van der Waals surface area (Å²) in [6.07, 6.45) is 8.67. The van der Waals surface area contributed by atoms with Crippen LogP contribution in [0.1, 0.15) is 51.9 Å². The normalized spacial score (nSPS) is 21.7. The van der Waals surface area contributed by atoms with Gasteiger partial charge in [0, 0.05) is 5.54 Å². The van der Waals surface area contributed by atoms with Gasteiger partial charge in [0.25, 0.3) is 0 Å². The minimum Gasteiger partial charge on any atom is -0.394 e. The van der Waals surface area contributed by atoms with Crippen molar-refractivity contribution in [1.82, 2.24) is 5.32 Å². The zero-order valence-corrected chi connectivity index (χ0v) is 8.81. The van der Waals surface area contributed by atoms with Gasteiger partial charge in [0.1, 0.15) is 0 Å². The molecule has 1 saturated carbocycles. The second-order valence-corrected chi connectivity index (χ2v) is 4.28. The molecule has 0 radical (unpaired) electrons. The summed E-state index contributed by atoms with van der Waals surface area (Å²) in [5.41, 5.74) is 0.0768. The largest absolute Gasteiger partial charge is 0.394 e. The first kappa shape index (κ1) is 11.0. The summed E-state index contributed by atoms with van der Waals surface area (Å²) < 4.78 is 0. The van der Waals surface area contributed by atoms with Crippen LogP contribution in [-0.4, -0.2) is 23.8 Å². The molecule has 2 nitrogen and oxygen atoms in total. The summed E-state index contributed by atoms with van der Waals surface area (Å²) >= 11 is 0. The molecular formula is C11H23NO. The molecule has 0 unspecified atom stereocenters. The molecule has 0 heterocycles. The van der Waals surface area contributed by atoms with Crippen molar-refractivity contribution in [3.63, 3.8) is 0 Å². The van der Waals surface area contributed by atoms with Gasteiger partial charge in [-0.3, -0.25) is 0 Å². The summed E-state index contributed by atoms with van der Waals surface area (Å²) in [5, 5.41) is 12.9. The highest BCUT2D eigenvalue weighted by Crippen LogP contribution is 2.27. The summed E-state index contributed by atoms with van der Waals surface area (Å²) in [7, 11) is 0. The Balaban J connectivity index is 2.29. The van der Waals surface area contributed by atoms with Gasteiger partial charge in [-0.2, -0.15) is 0 Å². The molecule has 1 aliphatic rings. The standard InChI is InChI=1S/C11H23NO/c1-2-3-9-12-11(10-13)7-5-4-6-8-11/h12-13H,2-10H2,1H3. The van der Waals surface area contributed by atoms with Crippen LogP contribution in [-0.2, 0) is 0 Å². The predicted octanol–water partition coefficient (Wildman–Crippen LogP) is 2.07. The summed E-state index contributed by atoms with van der Waals surface area (Å²) in [6.45, 7) is 3.59. The second-order valence-electron chi connectivity index (χ2n) is 4.28. The number of hydrogen-bond donors (Lipinski definition) is 2. The molecule has 0 bridgehead atoms. The molecule has 2 heteroatoms. The van der Waals surface area contributed by atoms with Crippen LogP contribution in [0.5, 0.6) is 0 Å². The van der Waals surface area contributed by atoms with Crippen molar-refractivity contribution in [2.24, 2.45) is 0 Å². The summed E-state index contributed by atoms with van der Waals surface area (Å²) in [5.74, 6) is 0. The Morgan fingerprint density at radius 2 is 1.92 bits per heavy atom. The first-order valence-electron chi connectivity index (χ1n) is 5.69. The van der Waals surface area contributed by atoms with E-state index in [1.807, 2.05) is 0 Å². The van der Waals surface area contributed by atoms with Crippen LogP contribution in [0.25, 0.3) is 0 Å². The lowest BCUT2D eigenvalue weighted by Gasteiger charge is -2.36. The van der Waals surface area contributed by atoms with Gasteiger partial charge in [0.05, 0.1) is 6.61 Å². The fraction of sp³-hybridized carbons (Fsp3) is 1.00. The van der Waals surface area contributed by atoms with Crippen LogP contribution >= 0.6 is 0 Å². The smallest absolute Gasteiger partial charge is 0.0613 e. The van der Waals surface area contributed by atoms with Crippen molar-refractivity contribution in [3.8, 4) is 0 Å². The maximum atomic E-state index is 9.38. The number of aliphatic hydroxyl groups is 1. The Bertz CT molecular complexity index is 130. The lowest BCUT2D eigenvalue weighted by atomic mass is 9.82.